The maximum atomic E-state index is 5.89. The van der Waals surface area contributed by atoms with Crippen LogP contribution in [0.25, 0.3) is 0 Å². The third kappa shape index (κ3) is 3.65. The molecule has 0 bridgehead atoms. The zero-order chi connectivity index (χ0) is 14.8. The molecule has 1 unspecified atom stereocenters. The highest BCUT2D eigenvalue weighted by Gasteiger charge is 2.24. The van der Waals surface area contributed by atoms with E-state index in [9.17, 15) is 0 Å². The Morgan fingerprint density at radius 1 is 1.40 bits per heavy atom. The van der Waals surface area contributed by atoms with Crippen LogP contribution in [0.2, 0.25) is 0 Å². The summed E-state index contributed by atoms with van der Waals surface area (Å²) in [4.78, 5) is 6.84. The van der Waals surface area contributed by atoms with Crippen LogP contribution in [0.1, 0.15) is 33.3 Å². The van der Waals surface area contributed by atoms with Crippen LogP contribution < -0.4 is 16.0 Å². The first kappa shape index (κ1) is 14.7. The number of nitrogens with zero attached hydrogens (tertiary/aromatic N) is 2. The first-order valence-corrected chi connectivity index (χ1v) is 7.29. The number of aliphatic imine (C=N–C) groups is 1. The Morgan fingerprint density at radius 2 is 2.10 bits per heavy atom. The summed E-state index contributed by atoms with van der Waals surface area (Å²) in [7, 11) is 0. The van der Waals surface area contributed by atoms with Crippen LogP contribution in [-0.2, 0) is 6.42 Å². The molecule has 20 heavy (non-hydrogen) atoms. The Balaban J connectivity index is 1.93. The van der Waals surface area contributed by atoms with Crippen molar-refractivity contribution in [3.63, 3.8) is 0 Å². The van der Waals surface area contributed by atoms with Gasteiger partial charge in [0.25, 0.3) is 0 Å². The van der Waals surface area contributed by atoms with Gasteiger partial charge in [0.05, 0.1) is 6.54 Å². The van der Waals surface area contributed by atoms with E-state index < -0.39 is 0 Å². The minimum Gasteiger partial charge on any atom is -0.370 e. The molecule has 1 aromatic carbocycles. The van der Waals surface area contributed by atoms with Gasteiger partial charge in [0.15, 0.2) is 5.96 Å². The van der Waals surface area contributed by atoms with Gasteiger partial charge in [-0.3, -0.25) is 4.99 Å². The van der Waals surface area contributed by atoms with Gasteiger partial charge in [-0.1, -0.05) is 18.2 Å². The van der Waals surface area contributed by atoms with Crippen LogP contribution in [0.5, 0.6) is 0 Å². The predicted molar refractivity (Wildman–Crippen MR) is 86.3 cm³/mol. The number of guanidine groups is 1. The van der Waals surface area contributed by atoms with Crippen LogP contribution in [0.4, 0.5) is 5.69 Å². The zero-order valence-corrected chi connectivity index (χ0v) is 13.0. The lowest BCUT2D eigenvalue weighted by atomic mass is 10.1. The standard InChI is InChI=1S/C16H26N4/c1-12-11-13-7-5-6-8-14(13)20(12)10-9-18-15(17)19-16(2,3)4/h5-8,12H,9-11H2,1-4H3,(H3,17,18,19). The third-order valence-corrected chi connectivity index (χ3v) is 3.47. The molecule has 0 amide bonds. The van der Waals surface area contributed by atoms with Crippen molar-refractivity contribution < 1.29 is 0 Å². The lowest BCUT2D eigenvalue weighted by Crippen LogP contribution is -2.45. The summed E-state index contributed by atoms with van der Waals surface area (Å²) in [6, 6.07) is 9.16. The molecule has 1 aliphatic heterocycles. The van der Waals surface area contributed by atoms with Crippen molar-refractivity contribution in [3.8, 4) is 0 Å². The third-order valence-electron chi connectivity index (χ3n) is 3.47. The Bertz CT molecular complexity index is 487. The first-order chi connectivity index (χ1) is 9.37. The molecule has 4 nitrogen and oxygen atoms in total. The molecule has 2 rings (SSSR count). The van der Waals surface area contributed by atoms with Gasteiger partial charge in [-0.25, -0.2) is 0 Å². The number of hydrogen-bond acceptors (Lipinski definition) is 2. The summed E-state index contributed by atoms with van der Waals surface area (Å²) in [6.45, 7) is 10.1. The van der Waals surface area contributed by atoms with E-state index in [1.54, 1.807) is 0 Å². The van der Waals surface area contributed by atoms with Gasteiger partial charge >= 0.3 is 0 Å². The molecule has 0 aromatic heterocycles. The zero-order valence-electron chi connectivity index (χ0n) is 13.0. The smallest absolute Gasteiger partial charge is 0.189 e. The molecule has 110 valence electrons. The molecule has 1 heterocycles. The second-order valence-corrected chi connectivity index (χ2v) is 6.52. The molecule has 4 heteroatoms. The van der Waals surface area contributed by atoms with Crippen molar-refractivity contribution in [1.82, 2.24) is 5.32 Å². The highest BCUT2D eigenvalue weighted by Crippen LogP contribution is 2.31. The molecule has 1 aliphatic rings. The number of para-hydroxylation sites is 1. The van der Waals surface area contributed by atoms with Crippen molar-refractivity contribution in [2.24, 2.45) is 10.7 Å². The molecular formula is C16H26N4. The first-order valence-electron chi connectivity index (χ1n) is 7.29. The Hall–Kier alpha value is -1.71. The molecule has 1 aromatic rings. The van der Waals surface area contributed by atoms with Crippen molar-refractivity contribution in [2.45, 2.75) is 45.7 Å². The van der Waals surface area contributed by atoms with Crippen LogP contribution in [0.3, 0.4) is 0 Å². The molecule has 1 atom stereocenters. The summed E-state index contributed by atoms with van der Waals surface area (Å²) in [5.74, 6) is 0.526. The fourth-order valence-electron chi connectivity index (χ4n) is 2.67. The van der Waals surface area contributed by atoms with Gasteiger partial charge in [-0.05, 0) is 45.7 Å². The molecule has 0 aliphatic carbocycles. The minimum atomic E-state index is -0.0406. The predicted octanol–water partition coefficient (Wildman–Crippen LogP) is 2.14. The van der Waals surface area contributed by atoms with E-state index in [0.29, 0.717) is 18.5 Å². The van der Waals surface area contributed by atoms with Crippen molar-refractivity contribution in [2.75, 3.05) is 18.0 Å². The topological polar surface area (TPSA) is 53.6 Å². The largest absolute Gasteiger partial charge is 0.370 e. The van der Waals surface area contributed by atoms with E-state index in [1.165, 1.54) is 11.3 Å². The van der Waals surface area contributed by atoms with Gasteiger partial charge in [-0.2, -0.15) is 0 Å². The SMILES string of the molecule is CC1Cc2ccccc2N1CCN=C(N)NC(C)(C)C. The number of benzene rings is 1. The van der Waals surface area contributed by atoms with Crippen LogP contribution in [0, 0.1) is 0 Å². The lowest BCUT2D eigenvalue weighted by Gasteiger charge is -2.24. The highest BCUT2D eigenvalue weighted by molar-refractivity contribution is 5.78. The minimum absolute atomic E-state index is 0.0406. The Labute approximate surface area is 122 Å². The van der Waals surface area contributed by atoms with Crippen molar-refractivity contribution in [1.29, 1.82) is 0 Å². The van der Waals surface area contributed by atoms with E-state index in [2.05, 4.69) is 67.2 Å². The molecular weight excluding hydrogens is 248 g/mol. The second-order valence-electron chi connectivity index (χ2n) is 6.52. The average molecular weight is 274 g/mol. The van der Waals surface area contributed by atoms with Gasteiger partial charge < -0.3 is 16.0 Å². The summed E-state index contributed by atoms with van der Waals surface area (Å²) in [5, 5.41) is 3.18. The van der Waals surface area contributed by atoms with Gasteiger partial charge in [0, 0.05) is 23.8 Å². The van der Waals surface area contributed by atoms with E-state index >= 15 is 0 Å². The van der Waals surface area contributed by atoms with Gasteiger partial charge in [-0.15, -0.1) is 0 Å². The van der Waals surface area contributed by atoms with E-state index in [4.69, 9.17) is 5.73 Å². The molecule has 0 radical (unpaired) electrons. The van der Waals surface area contributed by atoms with Crippen LogP contribution >= 0.6 is 0 Å². The summed E-state index contributed by atoms with van der Waals surface area (Å²) < 4.78 is 0. The summed E-state index contributed by atoms with van der Waals surface area (Å²) in [5.41, 5.74) is 8.63. The van der Waals surface area contributed by atoms with E-state index in [-0.39, 0.29) is 5.54 Å². The second kappa shape index (κ2) is 5.73. The molecule has 0 saturated carbocycles. The molecule has 0 spiro atoms. The highest BCUT2D eigenvalue weighted by atomic mass is 15.2. The number of nitrogens with one attached hydrogen (secondary N) is 1. The average Bonchev–Trinajstić information content (AvgIpc) is 2.64. The Kier molecular flexibility index (Phi) is 4.21. The van der Waals surface area contributed by atoms with Crippen molar-refractivity contribution in [3.05, 3.63) is 29.8 Å². The molecule has 0 saturated heterocycles. The van der Waals surface area contributed by atoms with Crippen LogP contribution in [0.15, 0.2) is 29.3 Å². The normalized spacial score (nSPS) is 19.1. The number of rotatable bonds is 3. The molecule has 0 fully saturated rings. The lowest BCUT2D eigenvalue weighted by molar-refractivity contribution is 0.508. The quantitative estimate of drug-likeness (QED) is 0.656. The summed E-state index contributed by atoms with van der Waals surface area (Å²) >= 11 is 0. The monoisotopic (exact) mass is 274 g/mol. The van der Waals surface area contributed by atoms with Gasteiger partial charge in [0.1, 0.15) is 0 Å². The van der Waals surface area contributed by atoms with Crippen molar-refractivity contribution >= 4 is 11.6 Å². The van der Waals surface area contributed by atoms with Crippen LogP contribution in [-0.4, -0.2) is 30.6 Å². The fourth-order valence-corrected chi connectivity index (χ4v) is 2.67. The fraction of sp³-hybridized carbons (Fsp3) is 0.562. The van der Waals surface area contributed by atoms with E-state index in [0.717, 1.165) is 13.0 Å². The van der Waals surface area contributed by atoms with E-state index in [1.807, 2.05) is 0 Å². The maximum Gasteiger partial charge on any atom is 0.189 e. The number of fused-ring (bicyclic) bond motifs is 1. The summed E-state index contributed by atoms with van der Waals surface area (Å²) in [6.07, 6.45) is 1.12. The number of anilines is 1. The number of hydrogen-bond donors (Lipinski definition) is 2. The molecule has 3 N–H and O–H groups in total. The van der Waals surface area contributed by atoms with Gasteiger partial charge in [0.2, 0.25) is 0 Å². The Morgan fingerprint density at radius 3 is 2.80 bits per heavy atom. The number of nitrogens with two attached hydrogens (primary N) is 1. The maximum absolute atomic E-state index is 5.89.